The van der Waals surface area contributed by atoms with Gasteiger partial charge < -0.3 is 10.4 Å². The molecule has 1 amide bonds. The molecule has 0 bridgehead atoms. The highest BCUT2D eigenvalue weighted by Crippen LogP contribution is 2.27. The van der Waals surface area contributed by atoms with E-state index in [1.54, 1.807) is 0 Å². The summed E-state index contributed by atoms with van der Waals surface area (Å²) in [5.41, 5.74) is -0.567. The van der Waals surface area contributed by atoms with Crippen LogP contribution < -0.4 is 5.32 Å². The Morgan fingerprint density at radius 3 is 2.55 bits per heavy atom. The van der Waals surface area contributed by atoms with Crippen molar-refractivity contribution in [2.75, 3.05) is 6.54 Å². The summed E-state index contributed by atoms with van der Waals surface area (Å²) in [6, 6.07) is 1.58. The first-order valence-electron chi connectivity index (χ1n) is 6.60. The molecular formula is C14H16F3NO2. The molecule has 0 aromatic heterocycles. The predicted octanol–water partition coefficient (Wildman–Crippen LogP) is 2.38. The van der Waals surface area contributed by atoms with Crippen molar-refractivity contribution in [2.24, 2.45) is 5.92 Å². The number of amides is 1. The molecule has 0 spiro atoms. The smallest absolute Gasteiger partial charge is 0.254 e. The number of hydrogen-bond donors (Lipinski definition) is 2. The lowest BCUT2D eigenvalue weighted by molar-refractivity contribution is 0.0836. The van der Waals surface area contributed by atoms with Crippen LogP contribution in [-0.4, -0.2) is 23.7 Å². The van der Waals surface area contributed by atoms with Crippen molar-refractivity contribution in [3.63, 3.8) is 0 Å². The van der Waals surface area contributed by atoms with Crippen molar-refractivity contribution >= 4 is 5.91 Å². The van der Waals surface area contributed by atoms with Gasteiger partial charge in [-0.1, -0.05) is 12.8 Å². The molecule has 1 atom stereocenters. The minimum Gasteiger partial charge on any atom is -0.391 e. The Kier molecular flexibility index (Phi) is 4.65. The van der Waals surface area contributed by atoms with E-state index in [2.05, 4.69) is 5.32 Å². The van der Waals surface area contributed by atoms with Gasteiger partial charge in [-0.15, -0.1) is 0 Å². The van der Waals surface area contributed by atoms with E-state index in [0.29, 0.717) is 6.07 Å². The van der Waals surface area contributed by atoms with Crippen LogP contribution in [-0.2, 0) is 0 Å². The molecule has 1 unspecified atom stereocenters. The molecule has 20 heavy (non-hydrogen) atoms. The quantitative estimate of drug-likeness (QED) is 0.835. The highest BCUT2D eigenvalue weighted by molar-refractivity contribution is 5.94. The van der Waals surface area contributed by atoms with E-state index >= 15 is 0 Å². The van der Waals surface area contributed by atoms with Crippen molar-refractivity contribution in [2.45, 2.75) is 31.8 Å². The molecule has 3 nitrogen and oxygen atoms in total. The third-order valence-corrected chi connectivity index (χ3v) is 3.70. The molecule has 0 heterocycles. The van der Waals surface area contributed by atoms with Crippen LogP contribution in [0.25, 0.3) is 0 Å². The second-order valence-electron chi connectivity index (χ2n) is 5.04. The van der Waals surface area contributed by atoms with Gasteiger partial charge in [0, 0.05) is 6.54 Å². The summed E-state index contributed by atoms with van der Waals surface area (Å²) < 4.78 is 39.2. The van der Waals surface area contributed by atoms with Crippen molar-refractivity contribution in [1.29, 1.82) is 0 Å². The highest BCUT2D eigenvalue weighted by atomic mass is 19.2. The third-order valence-electron chi connectivity index (χ3n) is 3.70. The molecule has 1 fully saturated rings. The van der Waals surface area contributed by atoms with Gasteiger partial charge in [0.05, 0.1) is 11.7 Å². The molecule has 2 rings (SSSR count). The highest BCUT2D eigenvalue weighted by Gasteiger charge is 2.24. The molecule has 0 saturated heterocycles. The molecule has 0 aliphatic heterocycles. The van der Waals surface area contributed by atoms with E-state index in [4.69, 9.17) is 0 Å². The lowest BCUT2D eigenvalue weighted by atomic mass is 10.0. The van der Waals surface area contributed by atoms with Crippen LogP contribution >= 0.6 is 0 Å². The second-order valence-corrected chi connectivity index (χ2v) is 5.04. The van der Waals surface area contributed by atoms with Crippen molar-refractivity contribution in [3.8, 4) is 0 Å². The molecule has 1 saturated carbocycles. The Balaban J connectivity index is 1.96. The number of benzene rings is 1. The molecule has 1 aliphatic rings. The fraction of sp³-hybridized carbons (Fsp3) is 0.500. The first-order valence-corrected chi connectivity index (χ1v) is 6.60. The summed E-state index contributed by atoms with van der Waals surface area (Å²) in [7, 11) is 0. The number of aliphatic hydroxyl groups is 1. The van der Waals surface area contributed by atoms with Crippen LogP contribution in [0.4, 0.5) is 13.2 Å². The lowest BCUT2D eigenvalue weighted by Gasteiger charge is -2.18. The zero-order valence-electron chi connectivity index (χ0n) is 10.8. The van der Waals surface area contributed by atoms with E-state index < -0.39 is 35.0 Å². The molecule has 1 aliphatic carbocycles. The fourth-order valence-corrected chi connectivity index (χ4v) is 2.50. The maximum Gasteiger partial charge on any atom is 0.254 e. The third kappa shape index (κ3) is 3.12. The number of rotatable bonds is 4. The molecular weight excluding hydrogens is 271 g/mol. The number of halogens is 3. The largest absolute Gasteiger partial charge is 0.391 e. The monoisotopic (exact) mass is 287 g/mol. The van der Waals surface area contributed by atoms with Crippen LogP contribution in [0.1, 0.15) is 36.0 Å². The molecule has 6 heteroatoms. The van der Waals surface area contributed by atoms with Crippen molar-refractivity contribution in [1.82, 2.24) is 5.32 Å². The van der Waals surface area contributed by atoms with Crippen LogP contribution in [0.15, 0.2) is 12.1 Å². The first-order chi connectivity index (χ1) is 9.50. The van der Waals surface area contributed by atoms with Gasteiger partial charge in [-0.05, 0) is 30.9 Å². The Morgan fingerprint density at radius 2 is 1.90 bits per heavy atom. The van der Waals surface area contributed by atoms with Crippen molar-refractivity contribution < 1.29 is 23.1 Å². The normalized spacial score (nSPS) is 17.2. The van der Waals surface area contributed by atoms with Crippen LogP contribution in [0.5, 0.6) is 0 Å². The summed E-state index contributed by atoms with van der Waals surface area (Å²) in [5.74, 6) is -5.26. The Bertz CT molecular complexity index is 501. The summed E-state index contributed by atoms with van der Waals surface area (Å²) in [6.45, 7) is -0.0259. The van der Waals surface area contributed by atoms with Crippen molar-refractivity contribution in [3.05, 3.63) is 35.1 Å². The van der Waals surface area contributed by atoms with Gasteiger partial charge in [-0.25, -0.2) is 13.2 Å². The maximum atomic E-state index is 13.4. The van der Waals surface area contributed by atoms with Gasteiger partial charge >= 0.3 is 0 Å². The maximum absolute atomic E-state index is 13.4. The fourth-order valence-electron chi connectivity index (χ4n) is 2.50. The molecule has 1 aromatic carbocycles. The summed E-state index contributed by atoms with van der Waals surface area (Å²) >= 11 is 0. The number of aliphatic hydroxyl groups excluding tert-OH is 1. The topological polar surface area (TPSA) is 49.3 Å². The molecule has 110 valence electrons. The summed E-state index contributed by atoms with van der Waals surface area (Å²) in [5, 5.41) is 12.2. The molecule has 2 N–H and O–H groups in total. The van der Waals surface area contributed by atoms with E-state index in [9.17, 15) is 23.1 Å². The van der Waals surface area contributed by atoms with Gasteiger partial charge in [0.25, 0.3) is 5.91 Å². The first kappa shape index (κ1) is 14.8. The minimum absolute atomic E-state index is 0.0259. The average Bonchev–Trinajstić information content (AvgIpc) is 2.96. The van der Waals surface area contributed by atoms with E-state index in [1.165, 1.54) is 0 Å². The zero-order valence-corrected chi connectivity index (χ0v) is 10.8. The van der Waals surface area contributed by atoms with E-state index in [-0.39, 0.29) is 12.5 Å². The van der Waals surface area contributed by atoms with Crippen LogP contribution in [0.2, 0.25) is 0 Å². The van der Waals surface area contributed by atoms with Crippen LogP contribution in [0, 0.1) is 23.4 Å². The van der Waals surface area contributed by atoms with Gasteiger partial charge in [0.1, 0.15) is 0 Å². The average molecular weight is 287 g/mol. The van der Waals surface area contributed by atoms with Gasteiger partial charge in [0.2, 0.25) is 0 Å². The van der Waals surface area contributed by atoms with E-state index in [0.717, 1.165) is 31.7 Å². The van der Waals surface area contributed by atoms with Gasteiger partial charge in [-0.2, -0.15) is 0 Å². The number of nitrogens with one attached hydrogen (secondary N) is 1. The van der Waals surface area contributed by atoms with Gasteiger partial charge in [0.15, 0.2) is 17.5 Å². The van der Waals surface area contributed by atoms with Gasteiger partial charge in [-0.3, -0.25) is 4.79 Å². The number of carbonyl (C=O) groups excluding carboxylic acids is 1. The molecule has 0 radical (unpaired) electrons. The SMILES string of the molecule is O=C(NCC(O)C1CCCC1)c1ccc(F)c(F)c1F. The predicted molar refractivity (Wildman–Crippen MR) is 66.6 cm³/mol. The standard InChI is InChI=1S/C14H16F3NO2/c15-10-6-5-9(12(16)13(10)17)14(20)18-7-11(19)8-3-1-2-4-8/h5-6,8,11,19H,1-4,7H2,(H,18,20). The van der Waals surface area contributed by atoms with Crippen LogP contribution in [0.3, 0.4) is 0 Å². The Labute approximate surface area is 114 Å². The summed E-state index contributed by atoms with van der Waals surface area (Å²) in [4.78, 5) is 11.7. The van der Waals surface area contributed by atoms with E-state index in [1.807, 2.05) is 0 Å². The number of carbonyl (C=O) groups is 1. The summed E-state index contributed by atoms with van der Waals surface area (Å²) in [6.07, 6.45) is 3.20. The lowest BCUT2D eigenvalue weighted by Crippen LogP contribution is -2.36. The Hall–Kier alpha value is -1.56. The zero-order chi connectivity index (χ0) is 14.7. The minimum atomic E-state index is -1.67. The Morgan fingerprint density at radius 1 is 1.25 bits per heavy atom. The number of hydrogen-bond acceptors (Lipinski definition) is 2. The molecule has 1 aromatic rings. The second kappa shape index (κ2) is 6.26.